The zero-order valence-corrected chi connectivity index (χ0v) is 18.3. The van der Waals surface area contributed by atoms with E-state index in [1.807, 2.05) is 12.1 Å². The van der Waals surface area contributed by atoms with Crippen molar-refractivity contribution in [1.29, 1.82) is 5.26 Å². The Kier molecular flexibility index (Phi) is 4.41. The van der Waals surface area contributed by atoms with E-state index >= 15 is 0 Å². The molecule has 0 aromatic carbocycles. The molecule has 1 saturated carbocycles. The first-order chi connectivity index (χ1) is 16.0. The van der Waals surface area contributed by atoms with Gasteiger partial charge in [0.25, 0.3) is 5.56 Å². The lowest BCUT2D eigenvalue weighted by atomic mass is 9.73. The van der Waals surface area contributed by atoms with Crippen LogP contribution in [0, 0.1) is 24.2 Å². The molecule has 4 aromatic heterocycles. The second kappa shape index (κ2) is 7.35. The van der Waals surface area contributed by atoms with Crippen LogP contribution in [0.3, 0.4) is 0 Å². The zero-order chi connectivity index (χ0) is 22.7. The Hall–Kier alpha value is -3.84. The first kappa shape index (κ1) is 19.8. The maximum atomic E-state index is 13.0. The van der Waals surface area contributed by atoms with Gasteiger partial charge in [-0.3, -0.25) is 9.36 Å². The smallest absolute Gasteiger partial charge is 0.263 e. The third-order valence-corrected chi connectivity index (χ3v) is 6.73. The van der Waals surface area contributed by atoms with E-state index in [0.717, 1.165) is 18.8 Å². The average molecular weight is 461 g/mol. The van der Waals surface area contributed by atoms with Crippen molar-refractivity contribution in [2.45, 2.75) is 31.8 Å². The van der Waals surface area contributed by atoms with Crippen molar-refractivity contribution in [2.24, 2.45) is 5.92 Å². The van der Waals surface area contributed by atoms with Gasteiger partial charge >= 0.3 is 0 Å². The molecule has 0 radical (unpaired) electrons. The van der Waals surface area contributed by atoms with Crippen LogP contribution < -0.4 is 10.5 Å². The predicted octanol–water partition coefficient (Wildman–Crippen LogP) is 2.44. The van der Waals surface area contributed by atoms with Crippen LogP contribution in [-0.2, 0) is 6.54 Å². The molecule has 4 aromatic rings. The Morgan fingerprint density at radius 1 is 1.30 bits per heavy atom. The number of nitrogens with zero attached hydrogens (tertiary/aromatic N) is 8. The lowest BCUT2D eigenvalue weighted by Crippen LogP contribution is -2.38. The van der Waals surface area contributed by atoms with Gasteiger partial charge < -0.3 is 9.42 Å². The Labute approximate surface area is 192 Å². The van der Waals surface area contributed by atoms with E-state index in [2.05, 4.69) is 30.0 Å². The number of aryl methyl sites for hydroxylation is 1. The highest BCUT2D eigenvalue weighted by molar-refractivity contribution is 6.30. The summed E-state index contributed by atoms with van der Waals surface area (Å²) in [5.74, 6) is 2.43. The second-order valence-electron chi connectivity index (χ2n) is 8.43. The first-order valence-electron chi connectivity index (χ1n) is 10.5. The third-order valence-electron chi connectivity index (χ3n) is 6.49. The predicted molar refractivity (Wildman–Crippen MR) is 118 cm³/mol. The van der Waals surface area contributed by atoms with Crippen LogP contribution in [0.15, 0.2) is 40.0 Å². The van der Waals surface area contributed by atoms with Crippen molar-refractivity contribution in [1.82, 2.24) is 29.7 Å². The molecule has 164 valence electrons. The number of pyridine rings is 2. The SMILES string of the molecule is Cc1cc(C#N)nc2ncn(Cc3nc([C@@H]4C5C[C@H]4CN5c4cc(Cl)ccn4)no3)c(=O)c12. The molecule has 2 saturated heterocycles. The molecule has 1 unspecified atom stereocenters. The number of anilines is 1. The number of rotatable bonds is 4. The highest BCUT2D eigenvalue weighted by Gasteiger charge is 2.55. The minimum atomic E-state index is -0.267. The highest BCUT2D eigenvalue weighted by atomic mass is 35.5. The van der Waals surface area contributed by atoms with Gasteiger partial charge in [0.2, 0.25) is 5.89 Å². The van der Waals surface area contributed by atoms with E-state index in [0.29, 0.717) is 33.6 Å². The average Bonchev–Trinajstić information content (AvgIpc) is 3.51. The van der Waals surface area contributed by atoms with E-state index in [1.165, 1.54) is 10.9 Å². The molecule has 2 aliphatic heterocycles. The largest absolute Gasteiger partial charge is 0.353 e. The summed E-state index contributed by atoms with van der Waals surface area (Å²) in [6.45, 7) is 2.74. The normalized spacial score (nSPS) is 21.2. The Bertz CT molecular complexity index is 1510. The summed E-state index contributed by atoms with van der Waals surface area (Å²) in [6, 6.07) is 7.44. The topological polar surface area (TPSA) is 127 Å². The summed E-state index contributed by atoms with van der Waals surface area (Å²) in [6.07, 6.45) is 4.15. The lowest BCUT2D eigenvalue weighted by Gasteiger charge is -2.34. The Balaban J connectivity index is 1.25. The van der Waals surface area contributed by atoms with Crippen LogP contribution in [0.2, 0.25) is 5.02 Å². The fraction of sp³-hybridized carbons (Fsp3) is 0.318. The maximum Gasteiger partial charge on any atom is 0.263 e. The molecule has 11 heteroatoms. The van der Waals surface area contributed by atoms with Gasteiger partial charge in [-0.1, -0.05) is 16.8 Å². The van der Waals surface area contributed by atoms with Gasteiger partial charge in [0.15, 0.2) is 11.5 Å². The highest BCUT2D eigenvalue weighted by Crippen LogP contribution is 2.52. The molecule has 0 spiro atoms. The summed E-state index contributed by atoms with van der Waals surface area (Å²) in [5, 5.41) is 14.3. The molecular weight excluding hydrogens is 444 g/mol. The third kappa shape index (κ3) is 3.15. The molecule has 0 N–H and O–H groups in total. The summed E-state index contributed by atoms with van der Waals surface area (Å²) >= 11 is 6.13. The van der Waals surface area contributed by atoms with Crippen molar-refractivity contribution in [3.8, 4) is 6.07 Å². The summed E-state index contributed by atoms with van der Waals surface area (Å²) in [5.41, 5.74) is 0.856. The minimum Gasteiger partial charge on any atom is -0.353 e. The fourth-order valence-electron chi connectivity index (χ4n) is 4.93. The summed E-state index contributed by atoms with van der Waals surface area (Å²) in [7, 11) is 0. The van der Waals surface area contributed by atoms with E-state index in [4.69, 9.17) is 21.4 Å². The van der Waals surface area contributed by atoms with Crippen molar-refractivity contribution in [2.75, 3.05) is 11.4 Å². The number of nitriles is 1. The number of halogens is 1. The molecule has 10 nitrogen and oxygen atoms in total. The van der Waals surface area contributed by atoms with Gasteiger partial charge in [-0.2, -0.15) is 10.2 Å². The van der Waals surface area contributed by atoms with Crippen LogP contribution in [0.1, 0.15) is 35.3 Å². The maximum absolute atomic E-state index is 13.0. The van der Waals surface area contributed by atoms with E-state index < -0.39 is 0 Å². The van der Waals surface area contributed by atoms with E-state index in [9.17, 15) is 4.79 Å². The van der Waals surface area contributed by atoms with Crippen LogP contribution in [0.4, 0.5) is 5.82 Å². The van der Waals surface area contributed by atoms with Gasteiger partial charge in [-0.25, -0.2) is 15.0 Å². The monoisotopic (exact) mass is 460 g/mol. The number of hydrogen-bond donors (Lipinski definition) is 0. The molecule has 33 heavy (non-hydrogen) atoms. The van der Waals surface area contributed by atoms with Gasteiger partial charge in [-0.15, -0.1) is 0 Å². The quantitative estimate of drug-likeness (QED) is 0.451. The van der Waals surface area contributed by atoms with Crippen molar-refractivity contribution in [3.63, 3.8) is 0 Å². The Morgan fingerprint density at radius 2 is 2.18 bits per heavy atom. The lowest BCUT2D eigenvalue weighted by molar-refractivity contribution is 0.284. The molecule has 7 rings (SSSR count). The van der Waals surface area contributed by atoms with Crippen LogP contribution in [0.5, 0.6) is 0 Å². The second-order valence-corrected chi connectivity index (χ2v) is 8.87. The minimum absolute atomic E-state index is 0.107. The van der Waals surface area contributed by atoms with E-state index in [1.54, 1.807) is 25.3 Å². The van der Waals surface area contributed by atoms with Crippen molar-refractivity contribution < 1.29 is 4.52 Å². The Morgan fingerprint density at radius 3 is 3.00 bits per heavy atom. The number of aromatic nitrogens is 6. The molecule has 1 aliphatic carbocycles. The molecule has 2 bridgehead atoms. The standard InChI is InChI=1S/C22H17ClN8O2/c1-11-4-14(7-24)27-20-18(11)22(32)30(10-26-20)9-17-28-21(29-33-17)19-12-5-15(19)31(8-12)16-6-13(23)2-3-25-16/h2-4,6,10,12,15,19H,5,8-9H2,1H3/t12-,15?,19-/m0/s1. The van der Waals surface area contributed by atoms with Gasteiger partial charge in [0, 0.05) is 29.7 Å². The van der Waals surface area contributed by atoms with E-state index in [-0.39, 0.29) is 35.4 Å². The molecular formula is C22H17ClN8O2. The first-order valence-corrected chi connectivity index (χ1v) is 10.9. The van der Waals surface area contributed by atoms with Crippen LogP contribution in [-0.4, -0.2) is 42.2 Å². The van der Waals surface area contributed by atoms with Crippen molar-refractivity contribution in [3.05, 3.63) is 69.1 Å². The molecule has 3 fully saturated rings. The molecule has 0 amide bonds. The number of hydrogen-bond acceptors (Lipinski definition) is 9. The summed E-state index contributed by atoms with van der Waals surface area (Å²) in [4.78, 5) is 32.6. The van der Waals surface area contributed by atoms with Crippen LogP contribution >= 0.6 is 11.6 Å². The van der Waals surface area contributed by atoms with Crippen molar-refractivity contribution >= 4 is 28.5 Å². The zero-order valence-electron chi connectivity index (χ0n) is 17.5. The fourth-order valence-corrected chi connectivity index (χ4v) is 5.09. The molecule has 3 aliphatic rings. The molecule has 6 heterocycles. The van der Waals surface area contributed by atoms with Crippen LogP contribution in [0.25, 0.3) is 11.0 Å². The van der Waals surface area contributed by atoms with Gasteiger partial charge in [0.05, 0.1) is 5.39 Å². The van der Waals surface area contributed by atoms with Gasteiger partial charge in [-0.05, 0) is 43.0 Å². The summed E-state index contributed by atoms with van der Waals surface area (Å²) < 4.78 is 6.90. The van der Waals surface area contributed by atoms with Gasteiger partial charge in [0.1, 0.15) is 30.5 Å². The molecule has 3 atom stereocenters. The number of fused-ring (bicyclic) bond motifs is 2.